The number of benzene rings is 4. The molecule has 0 saturated heterocycles. The first-order valence-electron chi connectivity index (χ1n) is 21.8. The van der Waals surface area contributed by atoms with Crippen LogP contribution in [-0.2, 0) is 38.3 Å². The van der Waals surface area contributed by atoms with Crippen LogP contribution in [0.2, 0.25) is 0 Å². The Morgan fingerprint density at radius 1 is 0.586 bits per heavy atom. The van der Waals surface area contributed by atoms with E-state index in [4.69, 9.17) is 17.2 Å². The van der Waals surface area contributed by atoms with Gasteiger partial charge in [0.1, 0.15) is 0 Å². The SMILES string of the molecule is CCCCc1ccccc1-c1cccc2c1C=C(C(C)C)[CH]2[Hf]([Cl])([Cl])([B](NC(=O)CC)NC(=O)CC)[CH]1C(C(C)C)=Cc2c(-c3ccccc3CCCC)cccc21. The molecule has 0 radical (unpaired) electrons. The first-order valence-corrected chi connectivity index (χ1v) is 36.9. The summed E-state index contributed by atoms with van der Waals surface area (Å²) >= 11 is -6.23. The molecule has 2 unspecified atom stereocenters. The van der Waals surface area contributed by atoms with Crippen molar-refractivity contribution in [3.05, 3.63) is 129 Å². The fraction of sp³-hybridized carbons (Fsp3) is 0.400. The molecule has 4 aromatic rings. The zero-order valence-electron chi connectivity index (χ0n) is 35.9. The third-order valence-corrected chi connectivity index (χ3v) is 40.9. The summed E-state index contributed by atoms with van der Waals surface area (Å²) < 4.78 is -1.76. The summed E-state index contributed by atoms with van der Waals surface area (Å²) in [6.07, 6.45) is 11.6. The topological polar surface area (TPSA) is 58.2 Å². The van der Waals surface area contributed by atoms with Crippen LogP contribution in [0.5, 0.6) is 0 Å². The molecule has 0 heterocycles. The maximum absolute atomic E-state index is 13.8. The van der Waals surface area contributed by atoms with E-state index in [1.807, 2.05) is 13.8 Å². The molecule has 0 fully saturated rings. The van der Waals surface area contributed by atoms with Gasteiger partial charge in [-0.2, -0.15) is 0 Å². The van der Waals surface area contributed by atoms with Crippen molar-refractivity contribution < 1.29 is 25.5 Å². The molecule has 0 spiro atoms. The van der Waals surface area contributed by atoms with Crippen LogP contribution in [0.15, 0.2) is 96.1 Å². The minimum atomic E-state index is -6.23. The number of carbonyl (C=O) groups is 2. The number of fused-ring (bicyclic) bond motifs is 2. The Morgan fingerprint density at radius 3 is 1.33 bits per heavy atom. The number of hydrogen-bond acceptors (Lipinski definition) is 2. The summed E-state index contributed by atoms with van der Waals surface area (Å²) in [5.74, 6) is -0.210. The van der Waals surface area contributed by atoms with Gasteiger partial charge in [-0.15, -0.1) is 0 Å². The van der Waals surface area contributed by atoms with E-state index in [0.717, 1.165) is 71.9 Å². The Morgan fingerprint density at radius 2 is 0.966 bits per heavy atom. The molecule has 2 aliphatic rings. The van der Waals surface area contributed by atoms with Gasteiger partial charge in [0.15, 0.2) is 0 Å². The van der Waals surface area contributed by atoms with E-state index in [1.54, 1.807) is 0 Å². The summed E-state index contributed by atoms with van der Waals surface area (Å²) in [7, 11) is 18.0. The Hall–Kier alpha value is -3.18. The van der Waals surface area contributed by atoms with Crippen LogP contribution in [0.25, 0.3) is 34.4 Å². The number of amides is 2. The standard InChI is InChI=1S/2C22H25.C6H11BN2O2.2ClH.Hf/c2*1-4-5-9-17-10-6-7-12-20(17)21-13-8-11-18-14-19(16(2)3)15-22(18)21;1-3-5(10)8-7-9-6(11)4-2;;;/h2*6-8,10-16H,4-5,9H2,1-3H3;3-4H2,1-2H3,(H-,8,9,10,11);2*1H;/q;;;;;+1/p-1. The molecule has 2 atom stereocenters. The molecule has 6 rings (SSSR count). The van der Waals surface area contributed by atoms with Crippen LogP contribution in [0.4, 0.5) is 0 Å². The predicted molar refractivity (Wildman–Crippen MR) is 246 cm³/mol. The van der Waals surface area contributed by atoms with Gasteiger partial charge in [-0.05, 0) is 0 Å². The van der Waals surface area contributed by atoms with Gasteiger partial charge in [-0.25, -0.2) is 0 Å². The normalized spacial score (nSPS) is 16.7. The second-order valence-electron chi connectivity index (χ2n) is 17.1. The molecule has 0 aromatic heterocycles. The van der Waals surface area contributed by atoms with Crippen molar-refractivity contribution in [2.45, 2.75) is 114 Å². The molecular formula is C50H62BCl2HfN2O2. The summed E-state index contributed by atoms with van der Waals surface area (Å²) in [6, 6.07) is 30.7. The van der Waals surface area contributed by atoms with E-state index >= 15 is 0 Å². The fourth-order valence-electron chi connectivity index (χ4n) is 9.63. The van der Waals surface area contributed by atoms with Gasteiger partial charge in [0, 0.05) is 0 Å². The first kappa shape index (κ1) is 44.4. The van der Waals surface area contributed by atoms with Crippen LogP contribution >= 0.6 is 17.2 Å². The van der Waals surface area contributed by atoms with Crippen LogP contribution in [0, 0.1) is 11.8 Å². The maximum atomic E-state index is 13.8. The van der Waals surface area contributed by atoms with Crippen molar-refractivity contribution in [2.24, 2.45) is 11.8 Å². The zero-order valence-corrected chi connectivity index (χ0v) is 41.0. The molecule has 2 N–H and O–H groups in total. The number of nitrogens with one attached hydrogen (secondary N) is 2. The average Bonchev–Trinajstić information content (AvgIpc) is 3.84. The number of hydrogen-bond donors (Lipinski definition) is 2. The summed E-state index contributed by atoms with van der Waals surface area (Å²) in [5.41, 5.74) is 14.2. The molecule has 8 heteroatoms. The number of allylic oxidation sites excluding steroid dienone is 2. The van der Waals surface area contributed by atoms with Crippen molar-refractivity contribution in [3.63, 3.8) is 0 Å². The Balaban J connectivity index is 1.70. The van der Waals surface area contributed by atoms with Crippen molar-refractivity contribution in [2.75, 3.05) is 0 Å². The van der Waals surface area contributed by atoms with Crippen molar-refractivity contribution in [1.29, 1.82) is 0 Å². The summed E-state index contributed by atoms with van der Waals surface area (Å²) in [6.45, 7) is 17.0. The van der Waals surface area contributed by atoms with Gasteiger partial charge in [0.2, 0.25) is 0 Å². The number of rotatable bonds is 17. The van der Waals surface area contributed by atoms with Gasteiger partial charge < -0.3 is 0 Å². The van der Waals surface area contributed by atoms with Gasteiger partial charge in [0.05, 0.1) is 0 Å². The number of halogens is 2. The molecular weight excluding hydrogens is 921 g/mol. The third kappa shape index (κ3) is 8.29. The third-order valence-electron chi connectivity index (χ3n) is 12.6. The van der Waals surface area contributed by atoms with Crippen LogP contribution in [0.1, 0.15) is 135 Å². The molecule has 0 aliphatic heterocycles. The van der Waals surface area contributed by atoms with Gasteiger partial charge in [-0.1, -0.05) is 0 Å². The molecule has 2 amide bonds. The van der Waals surface area contributed by atoms with E-state index < -0.39 is 27.8 Å². The summed E-state index contributed by atoms with van der Waals surface area (Å²) in [4.78, 5) is 27.6. The zero-order chi connectivity index (χ0) is 41.8. The van der Waals surface area contributed by atoms with Crippen molar-refractivity contribution in [3.8, 4) is 22.3 Å². The average molecular weight is 983 g/mol. The van der Waals surface area contributed by atoms with E-state index in [9.17, 15) is 9.59 Å². The van der Waals surface area contributed by atoms with Crippen LogP contribution in [-0.4, -0.2) is 16.4 Å². The van der Waals surface area contributed by atoms with Crippen molar-refractivity contribution in [1.82, 2.24) is 10.5 Å². The summed E-state index contributed by atoms with van der Waals surface area (Å²) in [5, 5.41) is 6.63. The van der Waals surface area contributed by atoms with E-state index in [0.29, 0.717) is 0 Å². The van der Waals surface area contributed by atoms with Gasteiger partial charge in [0.25, 0.3) is 0 Å². The first-order chi connectivity index (χ1) is 27.8. The number of carbonyl (C=O) groups excluding carboxylic acids is 2. The molecule has 0 bridgehead atoms. The second-order valence-corrected chi connectivity index (χ2v) is 47.5. The van der Waals surface area contributed by atoms with Crippen molar-refractivity contribution >= 4 is 45.7 Å². The number of unbranched alkanes of at least 4 members (excludes halogenated alkanes) is 2. The Bertz CT molecular complexity index is 2080. The second kappa shape index (κ2) is 18.6. The van der Waals surface area contributed by atoms with Gasteiger partial charge in [-0.3, -0.25) is 0 Å². The van der Waals surface area contributed by atoms with E-state index in [1.165, 1.54) is 33.4 Å². The fourth-order valence-corrected chi connectivity index (χ4v) is 39.8. The van der Waals surface area contributed by atoms with Crippen LogP contribution < -0.4 is 10.5 Å². The Kier molecular flexibility index (Phi) is 14.2. The number of aryl methyl sites for hydroxylation is 2. The molecule has 4 aromatic carbocycles. The van der Waals surface area contributed by atoms with E-state index in [-0.39, 0.29) is 36.5 Å². The molecule has 0 saturated carbocycles. The predicted octanol–water partition coefficient (Wildman–Crippen LogP) is 13.6. The molecule has 2 aliphatic carbocycles. The quantitative estimate of drug-likeness (QED) is 0.104. The minimum absolute atomic E-state index is 0.0853. The van der Waals surface area contributed by atoms with Gasteiger partial charge >= 0.3 is 359 Å². The monoisotopic (exact) mass is 983 g/mol. The molecule has 58 heavy (non-hydrogen) atoms. The Labute approximate surface area is 356 Å². The molecule has 305 valence electrons. The molecule has 4 nitrogen and oxygen atoms in total. The van der Waals surface area contributed by atoms with Crippen LogP contribution in [0.3, 0.4) is 0 Å². The van der Waals surface area contributed by atoms with E-state index in [2.05, 4.69) is 149 Å².